The van der Waals surface area contributed by atoms with Gasteiger partial charge in [0.15, 0.2) is 18.1 Å². The molecule has 0 amide bonds. The Morgan fingerprint density at radius 3 is 2.04 bits per heavy atom. The van der Waals surface area contributed by atoms with E-state index in [-0.39, 0.29) is 16.9 Å². The third-order valence-electron chi connectivity index (χ3n) is 5.91. The molecular formula is C23H23N2O17P3. The van der Waals surface area contributed by atoms with Crippen LogP contribution < -0.4 is 11.2 Å². The topological polar surface area (TPSA) is 288 Å². The van der Waals surface area contributed by atoms with Crippen LogP contribution in [0.25, 0.3) is 0 Å². The largest absolute Gasteiger partial charge is 0.490 e. The second-order valence-electron chi connectivity index (χ2n) is 9.10. The van der Waals surface area contributed by atoms with Gasteiger partial charge < -0.3 is 34.2 Å². The molecule has 19 nitrogen and oxygen atoms in total. The van der Waals surface area contributed by atoms with Gasteiger partial charge >= 0.3 is 35.1 Å². The zero-order valence-corrected chi connectivity index (χ0v) is 25.0. The van der Waals surface area contributed by atoms with E-state index in [0.29, 0.717) is 10.1 Å². The minimum absolute atomic E-state index is 0.122. The molecule has 2 aromatic carbocycles. The molecule has 1 saturated heterocycles. The van der Waals surface area contributed by atoms with Crippen molar-refractivity contribution in [2.45, 2.75) is 24.5 Å². The first-order valence-corrected chi connectivity index (χ1v) is 16.8. The Labute approximate surface area is 251 Å². The van der Waals surface area contributed by atoms with Crippen LogP contribution in [0.3, 0.4) is 0 Å². The number of esters is 1. The molecule has 6 N–H and O–H groups in total. The molecule has 0 bridgehead atoms. The van der Waals surface area contributed by atoms with Crippen molar-refractivity contribution < 1.29 is 70.6 Å². The monoisotopic (exact) mass is 692 g/mol. The number of carbonyl (C=O) groups is 2. The van der Waals surface area contributed by atoms with Gasteiger partial charge in [0.05, 0.1) is 12.2 Å². The number of phosphoric acid groups is 3. The van der Waals surface area contributed by atoms with Crippen LogP contribution in [0.5, 0.6) is 0 Å². The Morgan fingerprint density at radius 1 is 0.844 bits per heavy atom. The number of rotatable bonds is 12. The number of H-pyrrole nitrogens is 1. The van der Waals surface area contributed by atoms with Gasteiger partial charge in [-0.05, 0) is 12.1 Å². The summed E-state index contributed by atoms with van der Waals surface area (Å²) in [6.07, 6.45) is -6.14. The number of nitrogens with zero attached hydrogens (tertiary/aromatic N) is 1. The van der Waals surface area contributed by atoms with Gasteiger partial charge in [0, 0.05) is 23.4 Å². The average molecular weight is 692 g/mol. The zero-order valence-electron chi connectivity index (χ0n) is 22.3. The van der Waals surface area contributed by atoms with Crippen molar-refractivity contribution in [3.8, 4) is 0 Å². The third-order valence-corrected chi connectivity index (χ3v) is 9.72. The predicted octanol–water partition coefficient (Wildman–Crippen LogP) is 0.595. The smallest absolute Gasteiger partial charge is 0.453 e. The lowest BCUT2D eigenvalue weighted by Crippen LogP contribution is -2.40. The van der Waals surface area contributed by atoms with Crippen LogP contribution in [0.15, 0.2) is 76.4 Å². The molecule has 1 aliphatic rings. The molecule has 1 fully saturated rings. The lowest BCUT2D eigenvalue weighted by molar-refractivity contribution is -0.0554. The number of hydrogen-bond acceptors (Lipinski definition) is 13. The molecule has 1 aliphatic heterocycles. The van der Waals surface area contributed by atoms with E-state index in [0.717, 1.165) is 12.3 Å². The van der Waals surface area contributed by atoms with E-state index in [1.54, 1.807) is 30.3 Å². The minimum Gasteiger partial charge on any atom is -0.453 e. The number of ketones is 1. The SMILES string of the molecule is O=C(OC1C(O)[C@@H](n2ccc(=O)[nH]c2=O)O[C@H]1COP(=O)(O)OP(=O)(O)OP(=O)(O)O)c1ccc(C(=O)c2ccccc2)cc1. The summed E-state index contributed by atoms with van der Waals surface area (Å²) in [6, 6.07) is 14.3. The molecule has 4 unspecified atom stereocenters. The maximum absolute atomic E-state index is 13.0. The highest BCUT2D eigenvalue weighted by atomic mass is 31.3. The van der Waals surface area contributed by atoms with Gasteiger partial charge in [-0.2, -0.15) is 8.62 Å². The van der Waals surface area contributed by atoms with E-state index in [1.807, 2.05) is 4.98 Å². The first-order chi connectivity index (χ1) is 20.9. The van der Waals surface area contributed by atoms with Crippen LogP contribution in [0, 0.1) is 0 Å². The van der Waals surface area contributed by atoms with Gasteiger partial charge in [-0.1, -0.05) is 42.5 Å². The van der Waals surface area contributed by atoms with Gasteiger partial charge in [0.1, 0.15) is 12.2 Å². The molecule has 0 aliphatic carbocycles. The predicted molar refractivity (Wildman–Crippen MR) is 147 cm³/mol. The van der Waals surface area contributed by atoms with Crippen molar-refractivity contribution in [3.05, 3.63) is 104 Å². The highest BCUT2D eigenvalue weighted by molar-refractivity contribution is 7.66. The third kappa shape index (κ3) is 9.08. The minimum atomic E-state index is -5.87. The Bertz CT molecular complexity index is 1820. The summed E-state index contributed by atoms with van der Waals surface area (Å²) in [5, 5.41) is 10.9. The van der Waals surface area contributed by atoms with Crippen LogP contribution in [0.2, 0.25) is 0 Å². The number of ether oxygens (including phenoxy) is 2. The second kappa shape index (κ2) is 13.5. The standard InChI is InChI=1S/C23H23N2O17P3/c26-17-10-11-25(23(30)24-17)21-19(28)20(16(39-21)12-38-44(34,35)42-45(36,37)41-43(31,32)33)40-22(29)15-8-6-14(7-9-15)18(27)13-4-2-1-3-5-13/h1-11,16,19-21,28H,12H2,(H,34,35)(H,36,37)(H,24,26,30)(H2,31,32,33)/t16-,19?,20?,21-/m0/s1. The van der Waals surface area contributed by atoms with E-state index in [2.05, 4.69) is 13.1 Å². The summed E-state index contributed by atoms with van der Waals surface area (Å²) in [4.78, 5) is 87.9. The van der Waals surface area contributed by atoms with Gasteiger partial charge in [-0.25, -0.2) is 23.3 Å². The maximum atomic E-state index is 13.0. The molecule has 0 spiro atoms. The van der Waals surface area contributed by atoms with Gasteiger partial charge in [0.25, 0.3) is 5.56 Å². The fourth-order valence-electron chi connectivity index (χ4n) is 4.03. The van der Waals surface area contributed by atoms with Crippen LogP contribution in [-0.4, -0.2) is 70.9 Å². The van der Waals surface area contributed by atoms with Crippen molar-refractivity contribution in [3.63, 3.8) is 0 Å². The van der Waals surface area contributed by atoms with E-state index in [1.165, 1.54) is 24.3 Å². The van der Waals surface area contributed by atoms with Crippen LogP contribution >= 0.6 is 23.5 Å². The first-order valence-electron chi connectivity index (χ1n) is 12.3. The Kier molecular flexibility index (Phi) is 10.4. The number of carbonyl (C=O) groups excluding carboxylic acids is 2. The molecule has 242 valence electrons. The number of hydrogen-bond donors (Lipinski definition) is 6. The average Bonchev–Trinajstić information content (AvgIpc) is 3.24. The summed E-state index contributed by atoms with van der Waals surface area (Å²) in [5.74, 6) is -1.44. The van der Waals surface area contributed by atoms with Crippen LogP contribution in [0.1, 0.15) is 32.5 Å². The van der Waals surface area contributed by atoms with Crippen LogP contribution in [0.4, 0.5) is 0 Å². The molecule has 1 aromatic heterocycles. The number of phosphoric ester groups is 1. The number of aliphatic hydroxyl groups is 1. The second-order valence-corrected chi connectivity index (χ2v) is 13.5. The summed E-state index contributed by atoms with van der Waals surface area (Å²) < 4.78 is 58.1. The molecule has 6 atom stereocenters. The molecule has 45 heavy (non-hydrogen) atoms. The van der Waals surface area contributed by atoms with Gasteiger partial charge in [-0.3, -0.25) is 23.7 Å². The fourth-order valence-corrected chi connectivity index (χ4v) is 7.06. The van der Waals surface area contributed by atoms with E-state index in [4.69, 9.17) is 19.3 Å². The summed E-state index contributed by atoms with van der Waals surface area (Å²) in [6.45, 7) is -1.15. The number of nitrogens with one attached hydrogen (secondary N) is 1. The first kappa shape index (κ1) is 34.5. The molecular weight excluding hydrogens is 669 g/mol. The Hall–Kier alpha value is -3.41. The lowest BCUT2D eigenvalue weighted by Gasteiger charge is -2.22. The molecule has 22 heteroatoms. The van der Waals surface area contributed by atoms with Gasteiger partial charge in [-0.15, -0.1) is 0 Å². The fraction of sp³-hybridized carbons (Fsp3) is 0.217. The number of aliphatic hydroxyl groups excluding tert-OH is 1. The van der Waals surface area contributed by atoms with Gasteiger partial charge in [0.2, 0.25) is 0 Å². The Balaban J connectivity index is 1.54. The molecule has 3 aromatic rings. The van der Waals surface area contributed by atoms with Crippen molar-refractivity contribution in [2.24, 2.45) is 0 Å². The summed E-state index contributed by atoms with van der Waals surface area (Å²) in [7, 11) is -17.2. The highest BCUT2D eigenvalue weighted by Crippen LogP contribution is 2.66. The maximum Gasteiger partial charge on any atom is 0.490 e. The number of benzene rings is 2. The highest BCUT2D eigenvalue weighted by Gasteiger charge is 2.49. The lowest BCUT2D eigenvalue weighted by atomic mass is 10.0. The van der Waals surface area contributed by atoms with E-state index >= 15 is 0 Å². The molecule has 2 heterocycles. The van der Waals surface area contributed by atoms with Crippen molar-refractivity contribution in [2.75, 3.05) is 6.61 Å². The summed E-state index contributed by atoms with van der Waals surface area (Å²) in [5.41, 5.74) is -1.37. The normalized spacial score (nSPS) is 22.7. The van der Waals surface area contributed by atoms with E-state index < -0.39 is 71.8 Å². The van der Waals surface area contributed by atoms with Crippen LogP contribution in [-0.2, 0) is 36.3 Å². The number of aromatic amines is 1. The van der Waals surface area contributed by atoms with Crippen molar-refractivity contribution >= 4 is 35.2 Å². The van der Waals surface area contributed by atoms with Crippen molar-refractivity contribution in [1.82, 2.24) is 9.55 Å². The summed E-state index contributed by atoms with van der Waals surface area (Å²) >= 11 is 0. The molecule has 4 rings (SSSR count). The quantitative estimate of drug-likeness (QED) is 0.0860. The molecule has 0 radical (unpaired) electrons. The van der Waals surface area contributed by atoms with E-state index in [9.17, 15) is 47.8 Å². The Morgan fingerprint density at radius 2 is 1.44 bits per heavy atom. The van der Waals surface area contributed by atoms with Crippen molar-refractivity contribution in [1.29, 1.82) is 0 Å². The number of aromatic nitrogens is 2. The molecule has 0 saturated carbocycles. The zero-order chi connectivity index (χ0) is 33.2.